The highest BCUT2D eigenvalue weighted by Gasteiger charge is 2.27. The number of aliphatic hydroxyl groups excluding tert-OH is 1. The van der Waals surface area contributed by atoms with Gasteiger partial charge < -0.3 is 9.84 Å². The molecule has 3 aromatic rings. The van der Waals surface area contributed by atoms with Gasteiger partial charge in [0.25, 0.3) is 0 Å². The van der Waals surface area contributed by atoms with Crippen LogP contribution in [0.1, 0.15) is 48.4 Å². The summed E-state index contributed by atoms with van der Waals surface area (Å²) in [7, 11) is 0. The highest BCUT2D eigenvalue weighted by Crippen LogP contribution is 2.42. The summed E-state index contributed by atoms with van der Waals surface area (Å²) in [5.41, 5.74) is 6.13. The average molecular weight is 432 g/mol. The first-order valence-electron chi connectivity index (χ1n) is 11.2. The molecule has 2 aliphatic rings. The number of aliphatic hydroxyl groups is 1. The average Bonchev–Trinajstić information content (AvgIpc) is 3.58. The summed E-state index contributed by atoms with van der Waals surface area (Å²) in [4.78, 5) is 16.6. The Kier molecular flexibility index (Phi) is 5.51. The fraction of sp³-hybridized carbons (Fsp3) is 0.333. The summed E-state index contributed by atoms with van der Waals surface area (Å²) in [6, 6.07) is 13.2. The van der Waals surface area contributed by atoms with Gasteiger partial charge in [0.05, 0.1) is 18.0 Å². The Morgan fingerprint density at radius 1 is 1.19 bits per heavy atom. The number of benzene rings is 2. The van der Waals surface area contributed by atoms with Crippen LogP contribution in [0.25, 0.3) is 22.0 Å². The van der Waals surface area contributed by atoms with E-state index in [-0.39, 0.29) is 18.2 Å². The van der Waals surface area contributed by atoms with Gasteiger partial charge in [-0.25, -0.2) is 4.39 Å². The number of carbonyl (C=O) groups excluding carboxylic acids is 1. The highest BCUT2D eigenvalue weighted by atomic mass is 19.1. The van der Waals surface area contributed by atoms with Crippen molar-refractivity contribution in [2.45, 2.75) is 57.2 Å². The number of rotatable bonds is 5. The Bertz CT molecular complexity index is 1210. The first-order valence-corrected chi connectivity index (χ1v) is 11.2. The molecule has 1 aliphatic carbocycles. The van der Waals surface area contributed by atoms with E-state index in [0.29, 0.717) is 18.8 Å². The quantitative estimate of drug-likeness (QED) is 0.435. The molecule has 2 fully saturated rings. The molecule has 1 aromatic heterocycles. The maximum Gasteiger partial charge on any atom is 0.309 e. The third-order valence-electron chi connectivity index (χ3n) is 6.29. The van der Waals surface area contributed by atoms with Crippen molar-refractivity contribution in [3.63, 3.8) is 0 Å². The number of ether oxygens (including phenoxy) is 1. The largest absolute Gasteiger partial charge is 0.458 e. The zero-order chi connectivity index (χ0) is 22.2. The van der Waals surface area contributed by atoms with Crippen molar-refractivity contribution < 1.29 is 19.0 Å². The lowest BCUT2D eigenvalue weighted by atomic mass is 9.92. The minimum absolute atomic E-state index is 0.0600. The molecule has 0 unspecified atom stereocenters. The normalized spacial score (nSPS) is 21.3. The Balaban J connectivity index is 1.55. The summed E-state index contributed by atoms with van der Waals surface area (Å²) in [5.74, 6) is -0.0846. The number of cyclic esters (lactones) is 1. The van der Waals surface area contributed by atoms with E-state index in [4.69, 9.17) is 9.72 Å². The molecule has 5 rings (SSSR count). The maximum absolute atomic E-state index is 13.7. The fourth-order valence-corrected chi connectivity index (χ4v) is 4.57. The topological polar surface area (TPSA) is 59.4 Å². The van der Waals surface area contributed by atoms with Crippen molar-refractivity contribution >= 4 is 16.9 Å². The lowest BCUT2D eigenvalue weighted by Gasteiger charge is -2.23. The molecular formula is C27H26FNO3. The summed E-state index contributed by atoms with van der Waals surface area (Å²) in [5, 5.41) is 10.9. The third-order valence-corrected chi connectivity index (χ3v) is 6.29. The molecular weight excluding hydrogens is 405 g/mol. The molecule has 2 aromatic carbocycles. The monoisotopic (exact) mass is 431 g/mol. The van der Waals surface area contributed by atoms with Crippen molar-refractivity contribution in [1.29, 1.82) is 0 Å². The highest BCUT2D eigenvalue weighted by molar-refractivity contribution is 5.98. The van der Waals surface area contributed by atoms with Crippen molar-refractivity contribution in [3.05, 3.63) is 77.3 Å². The zero-order valence-corrected chi connectivity index (χ0v) is 18.1. The molecule has 2 atom stereocenters. The lowest BCUT2D eigenvalue weighted by Crippen LogP contribution is -2.31. The second-order valence-corrected chi connectivity index (χ2v) is 8.89. The van der Waals surface area contributed by atoms with Gasteiger partial charge in [-0.05, 0) is 78.8 Å². The number of nitrogens with zero attached hydrogens (tertiary/aromatic N) is 1. The zero-order valence-electron chi connectivity index (χ0n) is 18.1. The van der Waals surface area contributed by atoms with Crippen molar-refractivity contribution in [2.24, 2.45) is 0 Å². The number of pyridine rings is 1. The predicted octanol–water partition coefficient (Wildman–Crippen LogP) is 5.39. The van der Waals surface area contributed by atoms with E-state index in [2.05, 4.69) is 12.1 Å². The molecule has 164 valence electrons. The van der Waals surface area contributed by atoms with Crippen LogP contribution in [0.3, 0.4) is 0 Å². The van der Waals surface area contributed by atoms with Gasteiger partial charge in [0, 0.05) is 23.4 Å². The number of fused-ring (bicyclic) bond motifs is 1. The molecule has 1 saturated heterocycles. The van der Waals surface area contributed by atoms with Crippen LogP contribution in [-0.4, -0.2) is 28.3 Å². The van der Waals surface area contributed by atoms with Gasteiger partial charge in [0.1, 0.15) is 11.9 Å². The minimum atomic E-state index is -0.651. The molecule has 0 amide bonds. The number of aromatic nitrogens is 1. The smallest absolute Gasteiger partial charge is 0.309 e. The van der Waals surface area contributed by atoms with Crippen LogP contribution in [0.2, 0.25) is 0 Å². The Morgan fingerprint density at radius 2 is 2.03 bits per heavy atom. The maximum atomic E-state index is 13.7. The standard InChI is InChI=1S/C27H26FNO3/c1-16-12-19(28)10-11-22(16)23-6-3-7-24-27(23)18(13-25(29-24)17-8-9-17)4-2-5-21-14-20(30)15-26(31)32-21/h2-3,5-7,10-13,17,20-21,30H,4,8-9,14-15H2,1H3/t20-,21-/m1/s1. The number of aryl methyl sites for hydroxylation is 1. The van der Waals surface area contributed by atoms with Gasteiger partial charge in [-0.1, -0.05) is 24.3 Å². The number of allylic oxidation sites excluding steroid dienone is 1. The van der Waals surface area contributed by atoms with Gasteiger partial charge in [0.15, 0.2) is 0 Å². The van der Waals surface area contributed by atoms with E-state index in [1.807, 2.05) is 37.3 Å². The van der Waals surface area contributed by atoms with E-state index >= 15 is 0 Å². The molecule has 1 saturated carbocycles. The van der Waals surface area contributed by atoms with Crippen molar-refractivity contribution in [3.8, 4) is 11.1 Å². The lowest BCUT2D eigenvalue weighted by molar-refractivity contribution is -0.156. The molecule has 32 heavy (non-hydrogen) atoms. The Morgan fingerprint density at radius 3 is 2.78 bits per heavy atom. The van der Waals surface area contributed by atoms with Gasteiger partial charge in [-0.15, -0.1) is 0 Å². The molecule has 1 N–H and O–H groups in total. The van der Waals surface area contributed by atoms with Crippen LogP contribution in [-0.2, 0) is 16.0 Å². The van der Waals surface area contributed by atoms with Crippen LogP contribution in [0.5, 0.6) is 0 Å². The molecule has 2 heterocycles. The summed E-state index contributed by atoms with van der Waals surface area (Å²) >= 11 is 0. The van der Waals surface area contributed by atoms with Crippen LogP contribution >= 0.6 is 0 Å². The number of halogens is 1. The van der Waals surface area contributed by atoms with Crippen LogP contribution in [0.4, 0.5) is 4.39 Å². The van der Waals surface area contributed by atoms with Gasteiger partial charge in [-0.3, -0.25) is 9.78 Å². The summed E-state index contributed by atoms with van der Waals surface area (Å²) in [6.07, 6.45) is 6.30. The van der Waals surface area contributed by atoms with E-state index < -0.39 is 12.2 Å². The molecule has 0 bridgehead atoms. The summed E-state index contributed by atoms with van der Waals surface area (Å²) < 4.78 is 19.1. The minimum Gasteiger partial charge on any atom is -0.458 e. The number of esters is 1. The Hall–Kier alpha value is -3.05. The van der Waals surface area contributed by atoms with Crippen LogP contribution < -0.4 is 0 Å². The van der Waals surface area contributed by atoms with E-state index in [1.54, 1.807) is 6.07 Å². The fourth-order valence-electron chi connectivity index (χ4n) is 4.57. The van der Waals surface area contributed by atoms with Gasteiger partial charge >= 0.3 is 5.97 Å². The summed E-state index contributed by atoms with van der Waals surface area (Å²) in [6.45, 7) is 1.92. The first-order chi connectivity index (χ1) is 15.5. The second kappa shape index (κ2) is 8.47. The molecule has 5 heteroatoms. The van der Waals surface area contributed by atoms with E-state index in [9.17, 15) is 14.3 Å². The van der Waals surface area contributed by atoms with Gasteiger partial charge in [-0.2, -0.15) is 0 Å². The molecule has 4 nitrogen and oxygen atoms in total. The number of hydrogen-bond acceptors (Lipinski definition) is 4. The van der Waals surface area contributed by atoms with Crippen molar-refractivity contribution in [1.82, 2.24) is 4.98 Å². The third kappa shape index (κ3) is 4.30. The number of carbonyl (C=O) groups is 1. The van der Waals surface area contributed by atoms with Crippen LogP contribution in [0.15, 0.2) is 54.6 Å². The SMILES string of the molecule is Cc1cc(F)ccc1-c1cccc2nc(C3CC3)cc(CC=C[C@@H]3C[C@@H](O)CC(=O)O3)c12. The molecule has 0 spiro atoms. The van der Waals surface area contributed by atoms with E-state index in [0.717, 1.165) is 38.9 Å². The second-order valence-electron chi connectivity index (χ2n) is 8.89. The van der Waals surface area contributed by atoms with Crippen LogP contribution in [0, 0.1) is 12.7 Å². The number of hydrogen-bond donors (Lipinski definition) is 1. The molecule has 1 aliphatic heterocycles. The van der Waals surface area contributed by atoms with Gasteiger partial charge in [0.2, 0.25) is 0 Å². The predicted molar refractivity (Wildman–Crippen MR) is 122 cm³/mol. The Labute approximate surface area is 186 Å². The van der Waals surface area contributed by atoms with E-state index in [1.165, 1.54) is 18.9 Å². The molecule has 0 radical (unpaired) electrons. The van der Waals surface area contributed by atoms with Crippen molar-refractivity contribution in [2.75, 3.05) is 0 Å². The first kappa shape index (κ1) is 20.8.